The van der Waals surface area contributed by atoms with E-state index in [-0.39, 0.29) is 17.9 Å². The van der Waals surface area contributed by atoms with Crippen LogP contribution in [0, 0.1) is 12.3 Å². The van der Waals surface area contributed by atoms with Crippen LogP contribution in [0.25, 0.3) is 10.9 Å². The fourth-order valence-corrected chi connectivity index (χ4v) is 2.93. The van der Waals surface area contributed by atoms with Gasteiger partial charge in [0, 0.05) is 12.1 Å². The number of terminal acetylenes is 1. The average molecular weight is 387 g/mol. The Balaban J connectivity index is 1.81. The van der Waals surface area contributed by atoms with Crippen molar-refractivity contribution in [3.8, 4) is 12.3 Å². The summed E-state index contributed by atoms with van der Waals surface area (Å²) < 4.78 is 0. The zero-order valence-corrected chi connectivity index (χ0v) is 16.0. The standard InChI is InChI=1S/C22H21N5O2/c1-4-16-11-10-15(12-19(16)27(5-2)14-23-3)13-24-22(29)20-25-18-9-7-6-8-17(18)21(28)26-20/h1,5-12,23H,2,13-14H2,3H3,(H,24,29)(H,25,26,28). The van der Waals surface area contributed by atoms with Crippen molar-refractivity contribution >= 4 is 22.5 Å². The highest BCUT2D eigenvalue weighted by Crippen LogP contribution is 2.22. The minimum atomic E-state index is -0.466. The number of fused-ring (bicyclic) bond motifs is 1. The summed E-state index contributed by atoms with van der Waals surface area (Å²) in [5.41, 5.74) is 2.49. The van der Waals surface area contributed by atoms with Gasteiger partial charge < -0.3 is 20.5 Å². The van der Waals surface area contributed by atoms with Crippen molar-refractivity contribution in [3.05, 3.63) is 82.5 Å². The largest absolute Gasteiger partial charge is 0.345 e. The fourth-order valence-electron chi connectivity index (χ4n) is 2.93. The fraction of sp³-hybridized carbons (Fsp3) is 0.136. The third-order valence-corrected chi connectivity index (χ3v) is 4.36. The van der Waals surface area contributed by atoms with Crippen LogP contribution in [0.15, 0.2) is 60.0 Å². The molecule has 29 heavy (non-hydrogen) atoms. The van der Waals surface area contributed by atoms with E-state index in [4.69, 9.17) is 6.42 Å². The normalized spacial score (nSPS) is 10.3. The number of H-pyrrole nitrogens is 1. The molecule has 3 N–H and O–H groups in total. The molecule has 0 aliphatic carbocycles. The molecule has 1 heterocycles. The van der Waals surface area contributed by atoms with Gasteiger partial charge in [-0.25, -0.2) is 4.98 Å². The highest BCUT2D eigenvalue weighted by atomic mass is 16.2. The molecule has 0 unspecified atom stereocenters. The molecule has 0 bridgehead atoms. The number of rotatable bonds is 7. The van der Waals surface area contributed by atoms with Crippen molar-refractivity contribution in [2.45, 2.75) is 6.54 Å². The molecule has 1 amide bonds. The van der Waals surface area contributed by atoms with Gasteiger partial charge in [-0.3, -0.25) is 9.59 Å². The number of aromatic amines is 1. The van der Waals surface area contributed by atoms with E-state index in [1.54, 1.807) is 30.5 Å². The summed E-state index contributed by atoms with van der Waals surface area (Å²) in [6.07, 6.45) is 7.28. The predicted octanol–water partition coefficient (Wildman–Crippen LogP) is 1.96. The smallest absolute Gasteiger partial charge is 0.287 e. The van der Waals surface area contributed by atoms with E-state index in [1.165, 1.54) is 0 Å². The van der Waals surface area contributed by atoms with Crippen molar-refractivity contribution in [2.24, 2.45) is 0 Å². The molecule has 0 atom stereocenters. The number of carbonyl (C=O) groups excluding carboxylic acids is 1. The first-order chi connectivity index (χ1) is 14.1. The third kappa shape index (κ3) is 4.34. The first-order valence-corrected chi connectivity index (χ1v) is 8.98. The first-order valence-electron chi connectivity index (χ1n) is 8.98. The van der Waals surface area contributed by atoms with E-state index in [1.807, 2.05) is 30.1 Å². The maximum atomic E-state index is 12.5. The summed E-state index contributed by atoms with van der Waals surface area (Å²) in [7, 11) is 1.83. The Kier molecular flexibility index (Phi) is 6.07. The molecular weight excluding hydrogens is 366 g/mol. The molecule has 0 fully saturated rings. The Morgan fingerprint density at radius 2 is 2.14 bits per heavy atom. The maximum Gasteiger partial charge on any atom is 0.287 e. The Bertz CT molecular complexity index is 1160. The number of para-hydroxylation sites is 1. The lowest BCUT2D eigenvalue weighted by Gasteiger charge is -2.22. The Morgan fingerprint density at radius 3 is 2.86 bits per heavy atom. The molecule has 1 aromatic heterocycles. The van der Waals surface area contributed by atoms with Crippen molar-refractivity contribution in [1.29, 1.82) is 0 Å². The van der Waals surface area contributed by atoms with Crippen LogP contribution >= 0.6 is 0 Å². The number of nitrogens with one attached hydrogen (secondary N) is 3. The molecule has 2 aromatic carbocycles. The molecule has 3 rings (SSSR count). The summed E-state index contributed by atoms with van der Waals surface area (Å²) in [5.74, 6) is 2.16. The van der Waals surface area contributed by atoms with Gasteiger partial charge in [0.15, 0.2) is 5.82 Å². The Hall–Kier alpha value is -3.89. The van der Waals surface area contributed by atoms with Crippen LogP contribution in [-0.2, 0) is 6.54 Å². The lowest BCUT2D eigenvalue weighted by atomic mass is 10.1. The van der Waals surface area contributed by atoms with Crippen LogP contribution < -0.4 is 21.1 Å². The Morgan fingerprint density at radius 1 is 1.34 bits per heavy atom. The van der Waals surface area contributed by atoms with Gasteiger partial charge >= 0.3 is 0 Å². The minimum absolute atomic E-state index is 0.0305. The van der Waals surface area contributed by atoms with Crippen molar-refractivity contribution < 1.29 is 4.79 Å². The van der Waals surface area contributed by atoms with Gasteiger partial charge in [0.05, 0.1) is 23.3 Å². The lowest BCUT2D eigenvalue weighted by molar-refractivity contribution is 0.0940. The summed E-state index contributed by atoms with van der Waals surface area (Å²) in [6, 6.07) is 12.4. The molecule has 7 heteroatoms. The maximum absolute atomic E-state index is 12.5. The number of benzene rings is 2. The second kappa shape index (κ2) is 8.87. The second-order valence-electron chi connectivity index (χ2n) is 6.27. The number of carbonyl (C=O) groups is 1. The summed E-state index contributed by atoms with van der Waals surface area (Å²) >= 11 is 0. The summed E-state index contributed by atoms with van der Waals surface area (Å²) in [6.45, 7) is 4.60. The van der Waals surface area contributed by atoms with E-state index in [0.717, 1.165) is 16.8 Å². The lowest BCUT2D eigenvalue weighted by Crippen LogP contribution is -2.29. The SMILES string of the molecule is C#Cc1ccc(CNC(=O)c2nc3ccccc3c(=O)[nH]2)cc1N(C=C)CNC. The molecule has 0 aliphatic heterocycles. The first kappa shape index (κ1) is 19.9. The summed E-state index contributed by atoms with van der Waals surface area (Å²) in [4.78, 5) is 33.3. The van der Waals surface area contributed by atoms with Crippen molar-refractivity contribution in [2.75, 3.05) is 18.6 Å². The van der Waals surface area contributed by atoms with Gasteiger partial charge in [-0.2, -0.15) is 0 Å². The zero-order chi connectivity index (χ0) is 20.8. The van der Waals surface area contributed by atoms with Gasteiger partial charge in [-0.05, 0) is 43.1 Å². The van der Waals surface area contributed by atoms with E-state index in [0.29, 0.717) is 17.6 Å². The highest BCUT2D eigenvalue weighted by Gasteiger charge is 2.12. The average Bonchev–Trinajstić information content (AvgIpc) is 2.75. The van der Waals surface area contributed by atoms with E-state index in [2.05, 4.69) is 33.1 Å². The van der Waals surface area contributed by atoms with E-state index < -0.39 is 5.91 Å². The summed E-state index contributed by atoms with van der Waals surface area (Å²) in [5, 5.41) is 6.27. The molecule has 7 nitrogen and oxygen atoms in total. The monoisotopic (exact) mass is 387 g/mol. The topological polar surface area (TPSA) is 90.1 Å². The van der Waals surface area contributed by atoms with Crippen LogP contribution in [0.2, 0.25) is 0 Å². The zero-order valence-electron chi connectivity index (χ0n) is 16.0. The molecule has 0 aliphatic rings. The molecule has 0 radical (unpaired) electrons. The molecule has 0 spiro atoms. The van der Waals surface area contributed by atoms with Crippen LogP contribution in [-0.4, -0.2) is 29.6 Å². The van der Waals surface area contributed by atoms with E-state index in [9.17, 15) is 9.59 Å². The molecule has 3 aromatic rings. The number of aromatic nitrogens is 2. The molecule has 146 valence electrons. The van der Waals surface area contributed by atoms with Crippen LogP contribution in [0.5, 0.6) is 0 Å². The van der Waals surface area contributed by atoms with Gasteiger partial charge in [0.1, 0.15) is 0 Å². The van der Waals surface area contributed by atoms with Crippen LogP contribution in [0.1, 0.15) is 21.7 Å². The molecular formula is C22H21N5O2. The van der Waals surface area contributed by atoms with Gasteiger partial charge in [0.25, 0.3) is 11.5 Å². The molecule has 0 saturated heterocycles. The number of amides is 1. The minimum Gasteiger partial charge on any atom is -0.345 e. The highest BCUT2D eigenvalue weighted by molar-refractivity contribution is 5.92. The second-order valence-corrected chi connectivity index (χ2v) is 6.27. The van der Waals surface area contributed by atoms with E-state index >= 15 is 0 Å². The number of nitrogens with zero attached hydrogens (tertiary/aromatic N) is 2. The van der Waals surface area contributed by atoms with Gasteiger partial charge in [-0.15, -0.1) is 6.42 Å². The third-order valence-electron chi connectivity index (χ3n) is 4.36. The van der Waals surface area contributed by atoms with Crippen molar-refractivity contribution in [3.63, 3.8) is 0 Å². The number of hydrogen-bond acceptors (Lipinski definition) is 5. The Labute approximate surface area is 168 Å². The quantitative estimate of drug-likeness (QED) is 0.426. The van der Waals surface area contributed by atoms with Crippen LogP contribution in [0.4, 0.5) is 5.69 Å². The van der Waals surface area contributed by atoms with Crippen LogP contribution in [0.3, 0.4) is 0 Å². The number of hydrogen-bond donors (Lipinski definition) is 3. The van der Waals surface area contributed by atoms with Gasteiger partial charge in [-0.1, -0.05) is 30.7 Å². The van der Waals surface area contributed by atoms with Gasteiger partial charge in [0.2, 0.25) is 0 Å². The predicted molar refractivity (Wildman–Crippen MR) is 115 cm³/mol. The molecule has 0 saturated carbocycles. The van der Waals surface area contributed by atoms with Crippen molar-refractivity contribution in [1.82, 2.24) is 20.6 Å². The number of anilines is 1.